The number of morpholine rings is 1. The van der Waals surface area contributed by atoms with E-state index in [1.54, 1.807) is 0 Å². The standard InChI is InChI=1S/C29H42N2O3/c1-5-7-19-34-29(23-27(32)6-2,28(30(3)4)22-24-11-9-8-10-12-24)25-13-15-26(16-14-25)31-17-20-33-21-18-31/h8-16,28H,5-7,17-23H2,1-4H3. The zero-order valence-corrected chi connectivity index (χ0v) is 21.5. The number of hydrogen-bond acceptors (Lipinski definition) is 5. The summed E-state index contributed by atoms with van der Waals surface area (Å²) in [5.74, 6) is 0.230. The topological polar surface area (TPSA) is 42.0 Å². The van der Waals surface area contributed by atoms with Crippen LogP contribution >= 0.6 is 0 Å². The van der Waals surface area contributed by atoms with E-state index in [2.05, 4.69) is 79.3 Å². The highest BCUT2D eigenvalue weighted by Crippen LogP contribution is 2.39. The second kappa shape index (κ2) is 13.0. The third-order valence-electron chi connectivity index (χ3n) is 6.88. The van der Waals surface area contributed by atoms with E-state index in [1.807, 2.05) is 13.0 Å². The number of nitrogens with zero attached hydrogens (tertiary/aromatic N) is 2. The molecule has 34 heavy (non-hydrogen) atoms. The van der Waals surface area contributed by atoms with Crippen molar-refractivity contribution in [1.82, 2.24) is 4.90 Å². The molecule has 0 N–H and O–H groups in total. The fraction of sp³-hybridized carbons (Fsp3) is 0.552. The van der Waals surface area contributed by atoms with Crippen molar-refractivity contribution < 1.29 is 14.3 Å². The van der Waals surface area contributed by atoms with Crippen LogP contribution in [0.1, 0.15) is 50.7 Å². The van der Waals surface area contributed by atoms with Crippen molar-refractivity contribution in [3.8, 4) is 0 Å². The van der Waals surface area contributed by atoms with E-state index >= 15 is 0 Å². The van der Waals surface area contributed by atoms with Gasteiger partial charge in [0, 0.05) is 44.3 Å². The fourth-order valence-electron chi connectivity index (χ4n) is 4.84. The van der Waals surface area contributed by atoms with Gasteiger partial charge in [0.15, 0.2) is 0 Å². The van der Waals surface area contributed by atoms with E-state index < -0.39 is 5.60 Å². The lowest BCUT2D eigenvalue weighted by molar-refractivity contribution is -0.138. The van der Waals surface area contributed by atoms with Crippen LogP contribution < -0.4 is 4.90 Å². The molecule has 2 aromatic rings. The molecule has 0 amide bonds. The highest BCUT2D eigenvalue weighted by atomic mass is 16.5. The second-order valence-corrected chi connectivity index (χ2v) is 9.48. The molecular formula is C29H42N2O3. The zero-order chi connectivity index (χ0) is 24.4. The van der Waals surface area contributed by atoms with E-state index in [0.717, 1.165) is 51.1 Å². The Bertz CT molecular complexity index is 863. The van der Waals surface area contributed by atoms with Gasteiger partial charge in [-0.05, 0) is 50.2 Å². The predicted molar refractivity (Wildman–Crippen MR) is 140 cm³/mol. The van der Waals surface area contributed by atoms with Gasteiger partial charge in [-0.3, -0.25) is 4.79 Å². The molecule has 5 nitrogen and oxygen atoms in total. The van der Waals surface area contributed by atoms with Crippen LogP contribution in [0.25, 0.3) is 0 Å². The van der Waals surface area contributed by atoms with Gasteiger partial charge < -0.3 is 19.3 Å². The van der Waals surface area contributed by atoms with Gasteiger partial charge in [0.25, 0.3) is 0 Å². The van der Waals surface area contributed by atoms with Crippen LogP contribution in [-0.4, -0.2) is 63.7 Å². The van der Waals surface area contributed by atoms with Gasteiger partial charge in [0.2, 0.25) is 0 Å². The van der Waals surface area contributed by atoms with Crippen molar-refractivity contribution in [2.24, 2.45) is 0 Å². The summed E-state index contributed by atoms with van der Waals surface area (Å²) in [4.78, 5) is 17.6. The number of rotatable bonds is 13. The SMILES string of the molecule is CCCCOC(CC(=O)CC)(c1ccc(N2CCOCC2)cc1)C(Cc1ccccc1)N(C)C. The Morgan fingerprint density at radius 3 is 2.32 bits per heavy atom. The Morgan fingerprint density at radius 2 is 1.74 bits per heavy atom. The minimum atomic E-state index is -0.717. The van der Waals surface area contributed by atoms with Gasteiger partial charge in [0.05, 0.1) is 13.2 Å². The number of carbonyl (C=O) groups excluding carboxylic acids is 1. The molecule has 0 aliphatic carbocycles. The highest BCUT2D eigenvalue weighted by Gasteiger charge is 2.44. The van der Waals surface area contributed by atoms with E-state index in [1.165, 1.54) is 11.3 Å². The van der Waals surface area contributed by atoms with Crippen LogP contribution in [0.5, 0.6) is 0 Å². The number of unbranched alkanes of at least 4 members (excludes halogenated alkanes) is 1. The van der Waals surface area contributed by atoms with Crippen LogP contribution in [0.3, 0.4) is 0 Å². The first-order chi connectivity index (χ1) is 16.5. The van der Waals surface area contributed by atoms with Gasteiger partial charge in [-0.15, -0.1) is 0 Å². The molecular weight excluding hydrogens is 424 g/mol. The summed E-state index contributed by atoms with van der Waals surface area (Å²) >= 11 is 0. The molecule has 0 spiro atoms. The lowest BCUT2D eigenvalue weighted by Gasteiger charge is -2.44. The third kappa shape index (κ3) is 6.68. The highest BCUT2D eigenvalue weighted by molar-refractivity contribution is 5.79. The summed E-state index contributed by atoms with van der Waals surface area (Å²) in [6.07, 6.45) is 3.72. The predicted octanol–water partition coefficient (Wildman–Crippen LogP) is 5.08. The Hall–Kier alpha value is -2.21. The molecule has 0 bridgehead atoms. The van der Waals surface area contributed by atoms with Crippen molar-refractivity contribution in [3.63, 3.8) is 0 Å². The normalized spacial score (nSPS) is 16.9. The summed E-state index contributed by atoms with van der Waals surface area (Å²) in [6.45, 7) is 8.08. The van der Waals surface area contributed by atoms with Gasteiger partial charge in [-0.1, -0.05) is 62.7 Å². The largest absolute Gasteiger partial charge is 0.378 e. The average Bonchev–Trinajstić information content (AvgIpc) is 2.88. The first kappa shape index (κ1) is 26.4. The average molecular weight is 467 g/mol. The molecule has 2 aromatic carbocycles. The van der Waals surface area contributed by atoms with Crippen molar-refractivity contribution in [3.05, 3.63) is 65.7 Å². The van der Waals surface area contributed by atoms with Crippen LogP contribution in [0.4, 0.5) is 5.69 Å². The maximum atomic E-state index is 13.0. The van der Waals surface area contributed by atoms with Crippen molar-refractivity contribution in [2.45, 2.75) is 57.6 Å². The van der Waals surface area contributed by atoms with Crippen LogP contribution in [0.2, 0.25) is 0 Å². The summed E-state index contributed by atoms with van der Waals surface area (Å²) in [7, 11) is 4.20. The monoisotopic (exact) mass is 466 g/mol. The van der Waals surface area contributed by atoms with E-state index in [4.69, 9.17) is 9.47 Å². The Morgan fingerprint density at radius 1 is 1.06 bits per heavy atom. The third-order valence-corrected chi connectivity index (χ3v) is 6.88. The van der Waals surface area contributed by atoms with Crippen LogP contribution in [0.15, 0.2) is 54.6 Å². The number of anilines is 1. The van der Waals surface area contributed by atoms with Gasteiger partial charge in [0.1, 0.15) is 11.4 Å². The summed E-state index contributed by atoms with van der Waals surface area (Å²) in [5, 5.41) is 0. The van der Waals surface area contributed by atoms with E-state index in [9.17, 15) is 4.79 Å². The van der Waals surface area contributed by atoms with Crippen molar-refractivity contribution in [2.75, 3.05) is 51.9 Å². The molecule has 2 unspecified atom stereocenters. The van der Waals surface area contributed by atoms with Gasteiger partial charge in [-0.25, -0.2) is 0 Å². The Kier molecular flexibility index (Phi) is 10.1. The van der Waals surface area contributed by atoms with Gasteiger partial charge >= 0.3 is 0 Å². The maximum absolute atomic E-state index is 13.0. The molecule has 1 heterocycles. The lowest BCUT2D eigenvalue weighted by atomic mass is 9.78. The molecule has 1 aliphatic rings. The molecule has 2 atom stereocenters. The zero-order valence-electron chi connectivity index (χ0n) is 21.5. The van der Waals surface area contributed by atoms with Crippen molar-refractivity contribution in [1.29, 1.82) is 0 Å². The first-order valence-corrected chi connectivity index (χ1v) is 12.8. The molecule has 3 rings (SSSR count). The van der Waals surface area contributed by atoms with E-state index in [-0.39, 0.29) is 11.8 Å². The molecule has 5 heteroatoms. The number of Topliss-reactive ketones (excluding diaryl/α,β-unsaturated/α-hetero) is 1. The quantitative estimate of drug-likeness (QED) is 0.385. The summed E-state index contributed by atoms with van der Waals surface area (Å²) < 4.78 is 12.3. The Balaban J connectivity index is 2.04. The number of carbonyl (C=O) groups is 1. The molecule has 0 saturated carbocycles. The first-order valence-electron chi connectivity index (χ1n) is 12.8. The smallest absolute Gasteiger partial charge is 0.135 e. The fourth-order valence-corrected chi connectivity index (χ4v) is 4.84. The van der Waals surface area contributed by atoms with Crippen LogP contribution in [0, 0.1) is 0 Å². The molecule has 186 valence electrons. The molecule has 1 aliphatic heterocycles. The number of benzene rings is 2. The van der Waals surface area contributed by atoms with E-state index in [0.29, 0.717) is 19.4 Å². The van der Waals surface area contributed by atoms with Crippen LogP contribution in [-0.2, 0) is 26.3 Å². The second-order valence-electron chi connectivity index (χ2n) is 9.48. The molecule has 0 aromatic heterocycles. The minimum absolute atomic E-state index is 0.0106. The lowest BCUT2D eigenvalue weighted by Crippen LogP contribution is -2.52. The summed E-state index contributed by atoms with van der Waals surface area (Å²) in [6, 6.07) is 19.3. The number of ether oxygens (including phenoxy) is 2. The number of likely N-dealkylation sites (N-methyl/N-ethyl adjacent to an activating group) is 1. The summed E-state index contributed by atoms with van der Waals surface area (Å²) in [5.41, 5.74) is 2.81. The molecule has 0 radical (unpaired) electrons. The molecule has 1 saturated heterocycles. The number of ketones is 1. The number of hydrogen-bond donors (Lipinski definition) is 0. The maximum Gasteiger partial charge on any atom is 0.135 e. The molecule has 1 fully saturated rings. The van der Waals surface area contributed by atoms with Crippen molar-refractivity contribution >= 4 is 11.5 Å². The Labute approximate surface area is 206 Å². The minimum Gasteiger partial charge on any atom is -0.378 e. The van der Waals surface area contributed by atoms with Gasteiger partial charge in [-0.2, -0.15) is 0 Å².